The van der Waals surface area contributed by atoms with E-state index in [4.69, 9.17) is 24.4 Å². The Morgan fingerprint density at radius 3 is 1.83 bits per heavy atom. The number of rotatable bonds is 8. The molecular weight excluding hydrogens is 328 g/mol. The van der Waals surface area contributed by atoms with Crippen LogP contribution < -0.4 is 0 Å². The smallest absolute Gasteiger partial charge is 0.195 e. The van der Waals surface area contributed by atoms with Gasteiger partial charge in [0.05, 0.1) is 5.92 Å². The van der Waals surface area contributed by atoms with Gasteiger partial charge in [0.15, 0.2) is 9.54 Å². The zero-order chi connectivity index (χ0) is 17.0. The number of hydrogen-bond donors (Lipinski definition) is 2. The zero-order valence-corrected chi connectivity index (χ0v) is 15.1. The normalized spacial score (nSPS) is 12.5. The number of nitrogens with zero attached hydrogens (tertiary/aromatic N) is 4. The van der Waals surface area contributed by atoms with Crippen molar-refractivity contribution >= 4 is 24.4 Å². The molecule has 0 amide bonds. The highest BCUT2D eigenvalue weighted by Crippen LogP contribution is 2.31. The molecule has 0 spiro atoms. The minimum atomic E-state index is -0.0270. The fourth-order valence-corrected chi connectivity index (χ4v) is 3.03. The summed E-state index contributed by atoms with van der Waals surface area (Å²) < 4.78 is 5.07. The summed E-state index contributed by atoms with van der Waals surface area (Å²) in [5, 5.41) is 14.7. The summed E-state index contributed by atoms with van der Waals surface area (Å²) in [4.78, 5) is 0. The van der Waals surface area contributed by atoms with Gasteiger partial charge >= 0.3 is 0 Å². The van der Waals surface area contributed by atoms with Gasteiger partial charge in [-0.15, -0.1) is 13.2 Å². The molecule has 6 nitrogen and oxygen atoms in total. The molecule has 0 bridgehead atoms. The molecule has 2 rings (SSSR count). The van der Waals surface area contributed by atoms with Crippen LogP contribution in [0.5, 0.6) is 0 Å². The fraction of sp³-hybridized carbons (Fsp3) is 0.467. The average Bonchev–Trinajstić information content (AvgIpc) is 3.07. The van der Waals surface area contributed by atoms with Crippen molar-refractivity contribution in [1.82, 2.24) is 29.5 Å². The minimum absolute atomic E-state index is 0.0270. The van der Waals surface area contributed by atoms with Crippen LogP contribution in [0.25, 0.3) is 0 Å². The Hall–Kier alpha value is -1.80. The van der Waals surface area contributed by atoms with Crippen LogP contribution in [0.1, 0.15) is 37.8 Å². The number of H-pyrrole nitrogens is 2. The van der Waals surface area contributed by atoms with Crippen molar-refractivity contribution < 1.29 is 0 Å². The second-order valence-electron chi connectivity index (χ2n) is 5.44. The molecule has 1 atom stereocenters. The van der Waals surface area contributed by atoms with Gasteiger partial charge in [-0.1, -0.05) is 32.4 Å². The monoisotopic (exact) mass is 350 g/mol. The number of aromatic nitrogens is 6. The first-order valence-corrected chi connectivity index (χ1v) is 8.38. The van der Waals surface area contributed by atoms with Crippen molar-refractivity contribution in [2.24, 2.45) is 5.92 Å². The highest BCUT2D eigenvalue weighted by atomic mass is 32.1. The molecule has 0 saturated carbocycles. The van der Waals surface area contributed by atoms with Crippen molar-refractivity contribution in [2.45, 2.75) is 39.3 Å². The van der Waals surface area contributed by atoms with Gasteiger partial charge in [0.2, 0.25) is 0 Å². The second kappa shape index (κ2) is 7.65. The van der Waals surface area contributed by atoms with E-state index in [1.54, 1.807) is 0 Å². The first kappa shape index (κ1) is 17.6. The summed E-state index contributed by atoms with van der Waals surface area (Å²) in [6.07, 6.45) is 4.60. The molecule has 0 aliphatic rings. The van der Waals surface area contributed by atoms with E-state index in [0.717, 1.165) is 18.1 Å². The van der Waals surface area contributed by atoms with Gasteiger partial charge in [0, 0.05) is 13.1 Å². The molecule has 0 aliphatic carbocycles. The molecule has 2 heterocycles. The Morgan fingerprint density at radius 2 is 1.48 bits per heavy atom. The summed E-state index contributed by atoms with van der Waals surface area (Å²) >= 11 is 10.7. The Kier molecular flexibility index (Phi) is 5.84. The van der Waals surface area contributed by atoms with Gasteiger partial charge in [-0.3, -0.25) is 19.3 Å². The predicted molar refractivity (Wildman–Crippen MR) is 96.5 cm³/mol. The Labute approximate surface area is 145 Å². The lowest BCUT2D eigenvalue weighted by Crippen LogP contribution is -2.21. The summed E-state index contributed by atoms with van der Waals surface area (Å²) in [5.41, 5.74) is 0. The first-order chi connectivity index (χ1) is 11.0. The van der Waals surface area contributed by atoms with E-state index in [9.17, 15) is 0 Å². The van der Waals surface area contributed by atoms with Gasteiger partial charge in [-0.25, -0.2) is 0 Å². The molecule has 0 aromatic carbocycles. The quantitative estimate of drug-likeness (QED) is 0.562. The van der Waals surface area contributed by atoms with E-state index in [0.29, 0.717) is 28.5 Å². The van der Waals surface area contributed by atoms with Crippen LogP contribution in [0.15, 0.2) is 25.3 Å². The van der Waals surface area contributed by atoms with Crippen LogP contribution in [-0.4, -0.2) is 29.5 Å². The third-order valence-corrected chi connectivity index (χ3v) is 4.59. The van der Waals surface area contributed by atoms with Crippen molar-refractivity contribution in [3.8, 4) is 0 Å². The molecule has 1 unspecified atom stereocenters. The van der Waals surface area contributed by atoms with Gasteiger partial charge in [0.1, 0.15) is 11.6 Å². The summed E-state index contributed by atoms with van der Waals surface area (Å²) in [6, 6.07) is 0. The van der Waals surface area contributed by atoms with Crippen LogP contribution in [0, 0.1) is 15.5 Å². The highest BCUT2D eigenvalue weighted by molar-refractivity contribution is 7.71. The Morgan fingerprint density at radius 1 is 1.04 bits per heavy atom. The van der Waals surface area contributed by atoms with Crippen LogP contribution in [0.3, 0.4) is 0 Å². The molecule has 124 valence electrons. The third-order valence-electron chi connectivity index (χ3n) is 3.97. The summed E-state index contributed by atoms with van der Waals surface area (Å²) in [7, 11) is 0. The maximum atomic E-state index is 5.34. The van der Waals surface area contributed by atoms with Crippen LogP contribution >= 0.6 is 24.4 Å². The van der Waals surface area contributed by atoms with Crippen LogP contribution in [0.2, 0.25) is 0 Å². The number of hydrogen-bond acceptors (Lipinski definition) is 4. The molecule has 2 N–H and O–H groups in total. The van der Waals surface area contributed by atoms with E-state index >= 15 is 0 Å². The van der Waals surface area contributed by atoms with Gasteiger partial charge < -0.3 is 0 Å². The topological polar surface area (TPSA) is 67.2 Å². The Bertz CT molecular complexity index is 731. The molecule has 0 radical (unpaired) electrons. The lowest BCUT2D eigenvalue weighted by atomic mass is 9.90. The number of aromatic amines is 2. The van der Waals surface area contributed by atoms with Crippen LogP contribution in [0.4, 0.5) is 0 Å². The molecule has 0 saturated heterocycles. The summed E-state index contributed by atoms with van der Waals surface area (Å²) in [5.74, 6) is 1.99. The molecule has 2 aromatic rings. The largest absolute Gasteiger partial charge is 0.300 e. The van der Waals surface area contributed by atoms with Crippen LogP contribution in [-0.2, 0) is 13.1 Å². The molecule has 0 fully saturated rings. The third kappa shape index (κ3) is 3.42. The minimum Gasteiger partial charge on any atom is -0.300 e. The van der Waals surface area contributed by atoms with E-state index in [1.807, 2.05) is 21.3 Å². The zero-order valence-electron chi connectivity index (χ0n) is 13.5. The standard InChI is InChI=1S/C15H22N6S2/c1-5-8-20-12(16-18-14(20)22)11(10(4)7-3)13-17-19-15(23)21(13)9-6-2/h5-6,10-11H,1-2,7-9H2,3-4H3,(H,18,22)(H,19,23). The van der Waals surface area contributed by atoms with E-state index in [1.165, 1.54) is 0 Å². The SMILES string of the molecule is C=CCn1c(C(c2n[nH]c(=S)n2CC=C)C(C)CC)n[nH]c1=S. The van der Waals surface area contributed by atoms with Crippen molar-refractivity contribution in [2.75, 3.05) is 0 Å². The summed E-state index contributed by atoms with van der Waals surface area (Å²) in [6.45, 7) is 13.1. The van der Waals surface area contributed by atoms with Gasteiger partial charge in [0.25, 0.3) is 0 Å². The van der Waals surface area contributed by atoms with E-state index in [2.05, 4.69) is 47.4 Å². The van der Waals surface area contributed by atoms with E-state index < -0.39 is 0 Å². The van der Waals surface area contributed by atoms with Crippen molar-refractivity contribution in [3.05, 3.63) is 46.5 Å². The first-order valence-electron chi connectivity index (χ1n) is 7.57. The average molecular weight is 351 g/mol. The molecule has 2 aromatic heterocycles. The van der Waals surface area contributed by atoms with Crippen molar-refractivity contribution in [1.29, 1.82) is 0 Å². The lowest BCUT2D eigenvalue weighted by Gasteiger charge is -2.22. The van der Waals surface area contributed by atoms with Gasteiger partial charge in [-0.05, 0) is 30.4 Å². The maximum Gasteiger partial charge on any atom is 0.195 e. The highest BCUT2D eigenvalue weighted by Gasteiger charge is 2.30. The molecule has 23 heavy (non-hydrogen) atoms. The lowest BCUT2D eigenvalue weighted by molar-refractivity contribution is 0.435. The maximum absolute atomic E-state index is 5.34. The molecular formula is C15H22N6S2. The Balaban J connectivity index is 2.64. The number of allylic oxidation sites excluding steroid dienone is 2. The molecule has 0 aliphatic heterocycles. The molecule has 8 heteroatoms. The number of nitrogens with one attached hydrogen (secondary N) is 2. The fourth-order valence-electron chi connectivity index (χ4n) is 2.61. The van der Waals surface area contributed by atoms with Gasteiger partial charge in [-0.2, -0.15) is 10.2 Å². The predicted octanol–water partition coefficient (Wildman–Crippen LogP) is 3.74. The second-order valence-corrected chi connectivity index (χ2v) is 6.21. The van der Waals surface area contributed by atoms with Crippen molar-refractivity contribution in [3.63, 3.8) is 0 Å². The van der Waals surface area contributed by atoms with E-state index in [-0.39, 0.29) is 5.92 Å².